The van der Waals surface area contributed by atoms with Crippen molar-refractivity contribution in [2.75, 3.05) is 0 Å². The molecule has 3 rings (SSSR count). The van der Waals surface area contributed by atoms with Crippen LogP contribution in [0, 0.1) is 17.3 Å². The van der Waals surface area contributed by atoms with Gasteiger partial charge >= 0.3 is 0 Å². The molecule has 2 atom stereocenters. The minimum Gasteiger partial charge on any atom is -0.360 e. The molecule has 1 heterocycles. The van der Waals surface area contributed by atoms with E-state index in [1.54, 1.807) is 6.20 Å². The molecule has 1 aromatic heterocycles. The number of amides is 2. The minimum absolute atomic E-state index is 0.0765. The number of H-pyrrole nitrogens is 1. The zero-order chi connectivity index (χ0) is 17.5. The highest BCUT2D eigenvalue weighted by Gasteiger charge is 2.60. The number of nitrogens with one attached hydrogen (secondary N) is 3. The van der Waals surface area contributed by atoms with E-state index in [4.69, 9.17) is 0 Å². The Morgan fingerprint density at radius 1 is 1.17 bits per heavy atom. The number of hydrogen-bond acceptors (Lipinski definition) is 2. The van der Waals surface area contributed by atoms with Crippen molar-refractivity contribution >= 4 is 22.7 Å². The zero-order valence-electron chi connectivity index (χ0n) is 14.4. The summed E-state index contributed by atoms with van der Waals surface area (Å²) < 4.78 is 0. The summed E-state index contributed by atoms with van der Waals surface area (Å²) in [5.41, 5.74) is 7.63. The number of allylic oxidation sites excluding steroid dienone is 2. The fraction of sp³-hybridized carbons (Fsp3) is 0.368. The van der Waals surface area contributed by atoms with Gasteiger partial charge in [-0.05, 0) is 31.2 Å². The van der Waals surface area contributed by atoms with Crippen molar-refractivity contribution in [3.05, 3.63) is 47.7 Å². The van der Waals surface area contributed by atoms with Gasteiger partial charge in [0.05, 0.1) is 11.5 Å². The van der Waals surface area contributed by atoms with Gasteiger partial charge in [0.1, 0.15) is 0 Å². The van der Waals surface area contributed by atoms with E-state index in [1.165, 1.54) is 5.57 Å². The van der Waals surface area contributed by atoms with Gasteiger partial charge in [0.15, 0.2) is 0 Å². The van der Waals surface area contributed by atoms with Gasteiger partial charge in [-0.1, -0.05) is 43.7 Å². The quantitative estimate of drug-likeness (QED) is 0.599. The van der Waals surface area contributed by atoms with Crippen molar-refractivity contribution in [2.24, 2.45) is 17.3 Å². The summed E-state index contributed by atoms with van der Waals surface area (Å²) in [6, 6.07) is 7.56. The number of benzene rings is 1. The van der Waals surface area contributed by atoms with Crippen molar-refractivity contribution in [2.45, 2.75) is 27.7 Å². The first kappa shape index (κ1) is 16.3. The molecule has 1 fully saturated rings. The van der Waals surface area contributed by atoms with Crippen LogP contribution >= 0.6 is 0 Å². The molecule has 5 nitrogen and oxygen atoms in total. The standard InChI is InChI=1S/C19H23N3O2/c1-11(2)9-14-16(19(14,3)4)18(24)22-21-17(23)13-10-20-15-8-6-5-7-12(13)15/h5-10,14,16,20H,1-4H3,(H,21,23)(H,22,24). The minimum atomic E-state index is -0.321. The number of hydrogen-bond donors (Lipinski definition) is 3. The van der Waals surface area contributed by atoms with Crippen LogP contribution < -0.4 is 10.9 Å². The molecule has 5 heteroatoms. The molecule has 24 heavy (non-hydrogen) atoms. The third kappa shape index (κ3) is 2.82. The molecule has 3 N–H and O–H groups in total. The van der Waals surface area contributed by atoms with Crippen LogP contribution in [0.5, 0.6) is 0 Å². The molecule has 2 amide bonds. The maximum absolute atomic E-state index is 12.4. The van der Waals surface area contributed by atoms with Crippen molar-refractivity contribution in [3.8, 4) is 0 Å². The molecular formula is C19H23N3O2. The van der Waals surface area contributed by atoms with Gasteiger partial charge in [-0.25, -0.2) is 0 Å². The van der Waals surface area contributed by atoms with Crippen molar-refractivity contribution in [3.63, 3.8) is 0 Å². The van der Waals surface area contributed by atoms with Crippen LogP contribution in [0.4, 0.5) is 0 Å². The number of para-hydroxylation sites is 1. The Hall–Kier alpha value is -2.56. The van der Waals surface area contributed by atoms with E-state index in [2.05, 4.69) is 35.8 Å². The Bertz CT molecular complexity index is 828. The summed E-state index contributed by atoms with van der Waals surface area (Å²) in [5.74, 6) is -0.364. The molecule has 2 unspecified atom stereocenters. The van der Waals surface area contributed by atoms with Crippen molar-refractivity contribution in [1.29, 1.82) is 0 Å². The summed E-state index contributed by atoms with van der Waals surface area (Å²) in [6.45, 7) is 8.20. The molecule has 126 valence electrons. The lowest BCUT2D eigenvalue weighted by Gasteiger charge is -2.07. The molecule has 0 saturated heterocycles. The highest BCUT2D eigenvalue weighted by atomic mass is 16.2. The van der Waals surface area contributed by atoms with Crippen molar-refractivity contribution < 1.29 is 9.59 Å². The Morgan fingerprint density at radius 2 is 1.88 bits per heavy atom. The van der Waals surface area contributed by atoms with Crippen LogP contribution in [0.2, 0.25) is 0 Å². The van der Waals surface area contributed by atoms with E-state index in [9.17, 15) is 9.59 Å². The van der Waals surface area contributed by atoms with Crippen LogP contribution in [-0.2, 0) is 4.79 Å². The fourth-order valence-electron chi connectivity index (χ4n) is 3.37. The highest BCUT2D eigenvalue weighted by molar-refractivity contribution is 6.07. The summed E-state index contributed by atoms with van der Waals surface area (Å²) >= 11 is 0. The van der Waals surface area contributed by atoms with E-state index in [1.807, 2.05) is 38.1 Å². The van der Waals surface area contributed by atoms with Gasteiger partial charge in [-0.3, -0.25) is 20.4 Å². The molecule has 1 saturated carbocycles. The monoisotopic (exact) mass is 325 g/mol. The first-order valence-corrected chi connectivity index (χ1v) is 8.13. The van der Waals surface area contributed by atoms with Crippen LogP contribution in [0.15, 0.2) is 42.1 Å². The molecule has 2 aromatic rings. The zero-order valence-corrected chi connectivity index (χ0v) is 14.4. The second kappa shape index (κ2) is 5.82. The molecular weight excluding hydrogens is 302 g/mol. The molecule has 0 bridgehead atoms. The Balaban J connectivity index is 1.65. The predicted octanol–water partition coefficient (Wildman–Crippen LogP) is 3.17. The van der Waals surface area contributed by atoms with E-state index >= 15 is 0 Å². The smallest absolute Gasteiger partial charge is 0.271 e. The maximum atomic E-state index is 12.4. The summed E-state index contributed by atoms with van der Waals surface area (Å²) in [4.78, 5) is 27.8. The third-order valence-corrected chi connectivity index (χ3v) is 4.84. The van der Waals surface area contributed by atoms with Crippen LogP contribution in [0.25, 0.3) is 10.9 Å². The first-order chi connectivity index (χ1) is 11.3. The number of fused-ring (bicyclic) bond motifs is 1. The first-order valence-electron chi connectivity index (χ1n) is 8.13. The SMILES string of the molecule is CC(C)=CC1C(C(=O)NNC(=O)c2c[nH]c3ccccc23)C1(C)C. The van der Waals surface area contributed by atoms with Gasteiger partial charge in [-0.2, -0.15) is 0 Å². The van der Waals surface area contributed by atoms with Gasteiger partial charge < -0.3 is 4.98 Å². The van der Waals surface area contributed by atoms with Gasteiger partial charge in [-0.15, -0.1) is 0 Å². The van der Waals surface area contributed by atoms with E-state index in [-0.39, 0.29) is 29.1 Å². The summed E-state index contributed by atoms with van der Waals surface area (Å²) in [6.07, 6.45) is 3.78. The van der Waals surface area contributed by atoms with Gasteiger partial charge in [0.25, 0.3) is 5.91 Å². The maximum Gasteiger partial charge on any atom is 0.271 e. The largest absolute Gasteiger partial charge is 0.360 e. The molecule has 1 aromatic carbocycles. The number of hydrazine groups is 1. The van der Waals surface area contributed by atoms with E-state index in [0.29, 0.717) is 5.56 Å². The van der Waals surface area contributed by atoms with Crippen LogP contribution in [0.3, 0.4) is 0 Å². The lowest BCUT2D eigenvalue weighted by molar-refractivity contribution is -0.123. The number of rotatable bonds is 3. The molecule has 0 spiro atoms. The molecule has 1 aliphatic rings. The molecule has 0 aliphatic heterocycles. The second-order valence-electron chi connectivity index (χ2n) is 7.26. The number of carbonyl (C=O) groups excluding carboxylic acids is 2. The Kier molecular flexibility index (Phi) is 3.95. The second-order valence-corrected chi connectivity index (χ2v) is 7.26. The average Bonchev–Trinajstić information content (AvgIpc) is 2.88. The number of carbonyl (C=O) groups is 2. The summed E-state index contributed by atoms with van der Waals surface area (Å²) in [5, 5.41) is 0.832. The van der Waals surface area contributed by atoms with E-state index < -0.39 is 0 Å². The van der Waals surface area contributed by atoms with Crippen LogP contribution in [-0.4, -0.2) is 16.8 Å². The number of aromatic nitrogens is 1. The lowest BCUT2D eigenvalue weighted by Crippen LogP contribution is -2.43. The molecule has 1 aliphatic carbocycles. The van der Waals surface area contributed by atoms with Gasteiger partial charge in [0, 0.05) is 17.1 Å². The van der Waals surface area contributed by atoms with Gasteiger partial charge in [0.2, 0.25) is 5.91 Å². The average molecular weight is 325 g/mol. The van der Waals surface area contributed by atoms with E-state index in [0.717, 1.165) is 10.9 Å². The fourth-order valence-corrected chi connectivity index (χ4v) is 3.37. The van der Waals surface area contributed by atoms with Crippen LogP contribution in [0.1, 0.15) is 38.1 Å². The Labute approximate surface area is 141 Å². The predicted molar refractivity (Wildman–Crippen MR) is 94.1 cm³/mol. The normalized spacial score (nSPS) is 21.2. The number of aromatic amines is 1. The molecule has 0 radical (unpaired) electrons. The summed E-state index contributed by atoms with van der Waals surface area (Å²) in [7, 11) is 0. The lowest BCUT2D eigenvalue weighted by atomic mass is 10.1. The highest BCUT2D eigenvalue weighted by Crippen LogP contribution is 2.59. The van der Waals surface area contributed by atoms with Crippen molar-refractivity contribution in [1.82, 2.24) is 15.8 Å². The topological polar surface area (TPSA) is 74.0 Å². The third-order valence-electron chi connectivity index (χ3n) is 4.84. The Morgan fingerprint density at radius 3 is 2.58 bits per heavy atom.